The van der Waals surface area contributed by atoms with Crippen LogP contribution in [0.3, 0.4) is 0 Å². The fraction of sp³-hybridized carbons (Fsp3) is 0.400. The number of amides is 2. The van der Waals surface area contributed by atoms with E-state index in [9.17, 15) is 9.18 Å². The number of carbonyl (C=O) groups excluding carboxylic acids is 1. The number of rotatable bonds is 5. The van der Waals surface area contributed by atoms with Crippen molar-refractivity contribution in [3.63, 3.8) is 0 Å². The molecule has 1 aromatic carbocycles. The third-order valence-electron chi connectivity index (χ3n) is 3.16. The van der Waals surface area contributed by atoms with E-state index < -0.39 is 0 Å². The van der Waals surface area contributed by atoms with Crippen molar-refractivity contribution in [2.75, 3.05) is 6.54 Å². The molecule has 1 heterocycles. The normalized spacial score (nSPS) is 10.8. The molecule has 0 aliphatic carbocycles. The van der Waals surface area contributed by atoms with E-state index in [-0.39, 0.29) is 30.3 Å². The molecule has 2 rings (SSSR count). The lowest BCUT2D eigenvalue weighted by Crippen LogP contribution is -2.43. The third-order valence-corrected chi connectivity index (χ3v) is 3.16. The maximum absolute atomic E-state index is 13.2. The number of carbonyl (C=O) groups is 1. The van der Waals surface area contributed by atoms with Crippen molar-refractivity contribution in [2.45, 2.75) is 33.4 Å². The number of urea groups is 1. The lowest BCUT2D eigenvalue weighted by atomic mass is 10.2. The van der Waals surface area contributed by atoms with Crippen LogP contribution in [-0.4, -0.2) is 33.7 Å². The van der Waals surface area contributed by atoms with Gasteiger partial charge in [-0.15, -0.1) is 0 Å². The molecule has 0 saturated heterocycles. The van der Waals surface area contributed by atoms with E-state index in [2.05, 4.69) is 15.5 Å². The molecule has 1 N–H and O–H groups in total. The number of nitrogens with zero attached hydrogens (tertiary/aromatic N) is 3. The highest BCUT2D eigenvalue weighted by Crippen LogP contribution is 2.17. The van der Waals surface area contributed by atoms with Crippen molar-refractivity contribution in [1.82, 2.24) is 20.4 Å². The second-order valence-electron chi connectivity index (χ2n) is 5.06. The van der Waals surface area contributed by atoms with Crippen LogP contribution in [0.2, 0.25) is 0 Å². The van der Waals surface area contributed by atoms with Gasteiger partial charge in [0.1, 0.15) is 5.82 Å². The Morgan fingerprint density at radius 1 is 1.45 bits per heavy atom. The molecule has 2 amide bonds. The van der Waals surface area contributed by atoms with Crippen LogP contribution in [0.4, 0.5) is 9.18 Å². The first-order valence-electron chi connectivity index (χ1n) is 7.14. The molecule has 0 spiro atoms. The molecule has 0 unspecified atom stereocenters. The predicted octanol–water partition coefficient (Wildman–Crippen LogP) is 2.82. The standard InChI is InChI=1S/C15H19FN4O2/c1-4-20(10(2)3)15(21)17-9-13-18-14(22-19-13)11-6-5-7-12(16)8-11/h5-8,10H,4,9H2,1-3H3,(H,17,21). The van der Waals surface area contributed by atoms with Crippen molar-refractivity contribution < 1.29 is 13.7 Å². The fourth-order valence-corrected chi connectivity index (χ4v) is 2.06. The molecule has 0 aliphatic rings. The van der Waals surface area contributed by atoms with Crippen LogP contribution in [-0.2, 0) is 6.54 Å². The molecule has 2 aromatic rings. The zero-order chi connectivity index (χ0) is 16.1. The molecule has 0 radical (unpaired) electrons. The Labute approximate surface area is 128 Å². The van der Waals surface area contributed by atoms with E-state index in [0.29, 0.717) is 17.9 Å². The van der Waals surface area contributed by atoms with Gasteiger partial charge in [-0.3, -0.25) is 0 Å². The summed E-state index contributed by atoms with van der Waals surface area (Å²) in [5.41, 5.74) is 0.502. The monoisotopic (exact) mass is 306 g/mol. The molecule has 7 heteroatoms. The summed E-state index contributed by atoms with van der Waals surface area (Å²) in [5.74, 6) is 0.188. The number of halogens is 1. The summed E-state index contributed by atoms with van der Waals surface area (Å²) in [7, 11) is 0. The highest BCUT2D eigenvalue weighted by Gasteiger charge is 2.16. The first-order chi connectivity index (χ1) is 10.5. The molecule has 0 aliphatic heterocycles. The molecular weight excluding hydrogens is 287 g/mol. The van der Waals surface area contributed by atoms with E-state index in [1.807, 2.05) is 20.8 Å². The smallest absolute Gasteiger partial charge is 0.317 e. The molecule has 0 bridgehead atoms. The zero-order valence-electron chi connectivity index (χ0n) is 12.8. The van der Waals surface area contributed by atoms with Crippen LogP contribution >= 0.6 is 0 Å². The van der Waals surface area contributed by atoms with Crippen LogP contribution in [0.1, 0.15) is 26.6 Å². The summed E-state index contributed by atoms with van der Waals surface area (Å²) in [5, 5.41) is 6.52. The van der Waals surface area contributed by atoms with Gasteiger partial charge in [-0.05, 0) is 39.0 Å². The van der Waals surface area contributed by atoms with Gasteiger partial charge >= 0.3 is 6.03 Å². The molecule has 118 valence electrons. The van der Waals surface area contributed by atoms with E-state index in [0.717, 1.165) is 0 Å². The highest BCUT2D eigenvalue weighted by molar-refractivity contribution is 5.74. The minimum absolute atomic E-state index is 0.109. The Balaban J connectivity index is 1.99. The van der Waals surface area contributed by atoms with Crippen molar-refractivity contribution in [1.29, 1.82) is 0 Å². The summed E-state index contributed by atoms with van der Waals surface area (Å²) in [6, 6.07) is 5.82. The molecule has 1 aromatic heterocycles. The van der Waals surface area contributed by atoms with Gasteiger partial charge in [-0.1, -0.05) is 11.2 Å². The Morgan fingerprint density at radius 2 is 2.23 bits per heavy atom. The zero-order valence-corrected chi connectivity index (χ0v) is 12.8. The minimum Gasteiger partial charge on any atom is -0.334 e. The summed E-state index contributed by atoms with van der Waals surface area (Å²) in [4.78, 5) is 17.8. The molecule has 6 nitrogen and oxygen atoms in total. The van der Waals surface area contributed by atoms with Gasteiger partial charge in [-0.2, -0.15) is 4.98 Å². The molecule has 0 atom stereocenters. The predicted molar refractivity (Wildman–Crippen MR) is 79.4 cm³/mol. The molecular formula is C15H19FN4O2. The van der Waals surface area contributed by atoms with Crippen LogP contribution < -0.4 is 5.32 Å². The van der Waals surface area contributed by atoms with Crippen molar-refractivity contribution in [3.8, 4) is 11.5 Å². The van der Waals surface area contributed by atoms with Gasteiger partial charge in [0.15, 0.2) is 5.82 Å². The van der Waals surface area contributed by atoms with Crippen LogP contribution in [0, 0.1) is 5.82 Å². The number of hydrogen-bond acceptors (Lipinski definition) is 4. The van der Waals surface area contributed by atoms with Crippen molar-refractivity contribution in [3.05, 3.63) is 35.9 Å². The molecule has 0 saturated carbocycles. The number of hydrogen-bond donors (Lipinski definition) is 1. The summed E-state index contributed by atoms with van der Waals surface area (Å²) in [6.07, 6.45) is 0. The number of benzene rings is 1. The van der Waals surface area contributed by atoms with Gasteiger partial charge in [0.25, 0.3) is 5.89 Å². The van der Waals surface area contributed by atoms with Crippen molar-refractivity contribution >= 4 is 6.03 Å². The highest BCUT2D eigenvalue weighted by atomic mass is 19.1. The first kappa shape index (κ1) is 15.9. The third kappa shape index (κ3) is 3.81. The van der Waals surface area contributed by atoms with Gasteiger partial charge in [-0.25, -0.2) is 9.18 Å². The second kappa shape index (κ2) is 7.02. The lowest BCUT2D eigenvalue weighted by Gasteiger charge is -2.24. The van der Waals surface area contributed by atoms with Crippen LogP contribution in [0.15, 0.2) is 28.8 Å². The van der Waals surface area contributed by atoms with Gasteiger partial charge in [0.2, 0.25) is 0 Å². The Morgan fingerprint density at radius 3 is 2.86 bits per heavy atom. The largest absolute Gasteiger partial charge is 0.334 e. The lowest BCUT2D eigenvalue weighted by molar-refractivity contribution is 0.186. The van der Waals surface area contributed by atoms with Gasteiger partial charge in [0.05, 0.1) is 6.54 Å². The van der Waals surface area contributed by atoms with Gasteiger partial charge < -0.3 is 14.7 Å². The quantitative estimate of drug-likeness (QED) is 0.922. The van der Waals surface area contributed by atoms with Crippen LogP contribution in [0.5, 0.6) is 0 Å². The van der Waals surface area contributed by atoms with E-state index in [1.54, 1.807) is 17.0 Å². The molecule has 0 fully saturated rings. The Bertz CT molecular complexity index is 642. The Hall–Kier alpha value is -2.44. The minimum atomic E-state index is -0.374. The number of aromatic nitrogens is 2. The van der Waals surface area contributed by atoms with Crippen LogP contribution in [0.25, 0.3) is 11.5 Å². The first-order valence-corrected chi connectivity index (χ1v) is 7.14. The van der Waals surface area contributed by atoms with E-state index in [4.69, 9.17) is 4.52 Å². The summed E-state index contributed by atoms with van der Waals surface area (Å²) in [6.45, 7) is 6.57. The summed E-state index contributed by atoms with van der Waals surface area (Å²) >= 11 is 0. The van der Waals surface area contributed by atoms with Crippen molar-refractivity contribution in [2.24, 2.45) is 0 Å². The van der Waals surface area contributed by atoms with Gasteiger partial charge in [0, 0.05) is 18.2 Å². The number of nitrogens with one attached hydrogen (secondary N) is 1. The SMILES string of the molecule is CCN(C(=O)NCc1noc(-c2cccc(F)c2)n1)C(C)C. The Kier molecular flexibility index (Phi) is 5.08. The fourth-order valence-electron chi connectivity index (χ4n) is 2.06. The molecule has 22 heavy (non-hydrogen) atoms. The summed E-state index contributed by atoms with van der Waals surface area (Å²) < 4.78 is 18.2. The van der Waals surface area contributed by atoms with E-state index >= 15 is 0 Å². The average Bonchev–Trinajstić information content (AvgIpc) is 2.94. The average molecular weight is 306 g/mol. The maximum Gasteiger partial charge on any atom is 0.317 e. The maximum atomic E-state index is 13.2. The topological polar surface area (TPSA) is 71.3 Å². The van der Waals surface area contributed by atoms with E-state index in [1.165, 1.54) is 12.1 Å². The second-order valence-corrected chi connectivity index (χ2v) is 5.06.